The fourth-order valence-corrected chi connectivity index (χ4v) is 3.34. The molecule has 1 aliphatic carbocycles. The Morgan fingerprint density at radius 2 is 2.33 bits per heavy atom. The van der Waals surface area contributed by atoms with Crippen LogP contribution in [0.5, 0.6) is 0 Å². The lowest BCUT2D eigenvalue weighted by Crippen LogP contribution is -1.86. The van der Waals surface area contributed by atoms with E-state index in [0.717, 1.165) is 5.92 Å². The van der Waals surface area contributed by atoms with Crippen molar-refractivity contribution >= 4 is 27.3 Å². The molecule has 2 heteroatoms. The number of aryl methyl sites for hydroxylation is 1. The average Bonchev–Trinajstić information content (AvgIpc) is 2.82. The van der Waals surface area contributed by atoms with Crippen molar-refractivity contribution in [2.75, 3.05) is 0 Å². The molecule has 66 valence electrons. The van der Waals surface area contributed by atoms with Gasteiger partial charge in [0.25, 0.3) is 0 Å². The number of thiophene rings is 1. The molecule has 1 saturated carbocycles. The summed E-state index contributed by atoms with van der Waals surface area (Å²) in [4.78, 5) is 3.67. The summed E-state index contributed by atoms with van der Waals surface area (Å²) in [6, 6.07) is 4.54. The van der Waals surface area contributed by atoms with Gasteiger partial charge in [-0.2, -0.15) is 0 Å². The topological polar surface area (TPSA) is 0 Å². The van der Waals surface area contributed by atoms with Crippen LogP contribution in [0.4, 0.5) is 0 Å². The summed E-state index contributed by atoms with van der Waals surface area (Å²) in [6.07, 6.45) is 4.00. The molecule has 1 atom stereocenters. The van der Waals surface area contributed by atoms with Gasteiger partial charge >= 0.3 is 0 Å². The largest absolute Gasteiger partial charge is 0.144 e. The van der Waals surface area contributed by atoms with Gasteiger partial charge in [0.15, 0.2) is 0 Å². The van der Waals surface area contributed by atoms with E-state index in [9.17, 15) is 0 Å². The van der Waals surface area contributed by atoms with E-state index in [-0.39, 0.29) is 0 Å². The molecule has 1 unspecified atom stereocenters. The number of hydrogen-bond donors (Lipinski definition) is 0. The molecule has 0 radical (unpaired) electrons. The van der Waals surface area contributed by atoms with Crippen LogP contribution in [0.2, 0.25) is 0 Å². The molecule has 0 nitrogen and oxygen atoms in total. The molecule has 0 aliphatic heterocycles. The minimum atomic E-state index is 0.641. The van der Waals surface area contributed by atoms with Crippen LogP contribution in [-0.2, 0) is 6.42 Å². The number of hydrogen-bond acceptors (Lipinski definition) is 1. The highest BCUT2D eigenvalue weighted by molar-refractivity contribution is 9.09. The Hall–Kier alpha value is 0.180. The summed E-state index contributed by atoms with van der Waals surface area (Å²) in [6.45, 7) is 2.22. The van der Waals surface area contributed by atoms with Crippen LogP contribution in [0.15, 0.2) is 12.1 Å². The first-order valence-electron chi connectivity index (χ1n) is 4.54. The molecule has 2 rings (SSSR count). The van der Waals surface area contributed by atoms with E-state index in [4.69, 9.17) is 0 Å². The quantitative estimate of drug-likeness (QED) is 0.701. The smallest absolute Gasteiger partial charge is 0.0517 e. The fourth-order valence-electron chi connectivity index (χ4n) is 1.35. The highest BCUT2D eigenvalue weighted by Crippen LogP contribution is 2.47. The summed E-state index contributed by atoms with van der Waals surface area (Å²) in [5.74, 6) is 0.924. The number of halogens is 1. The summed E-state index contributed by atoms with van der Waals surface area (Å²) >= 11 is 5.73. The van der Waals surface area contributed by atoms with Gasteiger partial charge in [0.2, 0.25) is 0 Å². The fraction of sp³-hybridized carbons (Fsp3) is 0.600. The van der Waals surface area contributed by atoms with Gasteiger partial charge in [-0.1, -0.05) is 22.9 Å². The third-order valence-corrected chi connectivity index (χ3v) is 5.20. The molecule has 0 spiro atoms. The molecule has 1 aliphatic rings. The Bertz CT molecular complexity index is 263. The first-order valence-corrected chi connectivity index (χ1v) is 6.27. The Kier molecular flexibility index (Phi) is 2.56. The number of alkyl halides is 1. The summed E-state index contributed by atoms with van der Waals surface area (Å²) < 4.78 is 0. The third kappa shape index (κ3) is 1.74. The van der Waals surface area contributed by atoms with Crippen LogP contribution in [-0.4, -0.2) is 0 Å². The van der Waals surface area contributed by atoms with Crippen molar-refractivity contribution < 1.29 is 0 Å². The van der Waals surface area contributed by atoms with Crippen LogP contribution >= 0.6 is 27.3 Å². The normalized spacial score (nSPS) is 19.5. The molecule has 1 heterocycles. The van der Waals surface area contributed by atoms with E-state index in [2.05, 4.69) is 35.0 Å². The monoisotopic (exact) mass is 244 g/mol. The molecular weight excluding hydrogens is 232 g/mol. The number of rotatable bonds is 3. The predicted octanol–water partition coefficient (Wildman–Crippen LogP) is 4.16. The Morgan fingerprint density at radius 3 is 2.83 bits per heavy atom. The zero-order valence-corrected chi connectivity index (χ0v) is 9.62. The standard InChI is InChI=1S/C10H13BrS/c1-2-8-5-6-9(12-8)10(11)7-3-4-7/h5-7,10H,2-4H2,1H3. The average molecular weight is 245 g/mol. The maximum Gasteiger partial charge on any atom is 0.0517 e. The molecule has 0 amide bonds. The van der Waals surface area contributed by atoms with Crippen molar-refractivity contribution in [1.82, 2.24) is 0 Å². The van der Waals surface area contributed by atoms with Gasteiger partial charge in [-0.25, -0.2) is 0 Å². The molecule has 0 bridgehead atoms. The highest BCUT2D eigenvalue weighted by atomic mass is 79.9. The Labute approximate surface area is 86.1 Å². The van der Waals surface area contributed by atoms with Crippen molar-refractivity contribution in [1.29, 1.82) is 0 Å². The van der Waals surface area contributed by atoms with Gasteiger partial charge < -0.3 is 0 Å². The van der Waals surface area contributed by atoms with Crippen molar-refractivity contribution in [3.05, 3.63) is 21.9 Å². The SMILES string of the molecule is CCc1ccc(C(Br)C2CC2)s1. The maximum absolute atomic E-state index is 3.77. The van der Waals surface area contributed by atoms with Crippen LogP contribution in [0.1, 0.15) is 34.3 Å². The van der Waals surface area contributed by atoms with Crippen LogP contribution in [0.3, 0.4) is 0 Å². The first-order chi connectivity index (χ1) is 5.81. The van der Waals surface area contributed by atoms with Gasteiger partial charge in [0.1, 0.15) is 0 Å². The van der Waals surface area contributed by atoms with E-state index < -0.39 is 0 Å². The maximum atomic E-state index is 3.77. The molecule has 1 fully saturated rings. The van der Waals surface area contributed by atoms with E-state index in [1.807, 2.05) is 11.3 Å². The Morgan fingerprint density at radius 1 is 1.58 bits per heavy atom. The second-order valence-electron chi connectivity index (χ2n) is 3.40. The zero-order chi connectivity index (χ0) is 8.55. The first kappa shape index (κ1) is 8.76. The van der Waals surface area contributed by atoms with E-state index in [0.29, 0.717) is 4.83 Å². The van der Waals surface area contributed by atoms with E-state index in [1.165, 1.54) is 29.0 Å². The molecule has 1 aromatic heterocycles. The van der Waals surface area contributed by atoms with Crippen LogP contribution in [0.25, 0.3) is 0 Å². The summed E-state index contributed by atoms with van der Waals surface area (Å²) in [7, 11) is 0. The zero-order valence-electron chi connectivity index (χ0n) is 7.22. The molecule has 0 saturated heterocycles. The van der Waals surface area contributed by atoms with Crippen LogP contribution < -0.4 is 0 Å². The van der Waals surface area contributed by atoms with Gasteiger partial charge in [0, 0.05) is 9.75 Å². The van der Waals surface area contributed by atoms with Gasteiger partial charge in [-0.3, -0.25) is 0 Å². The lowest BCUT2D eigenvalue weighted by atomic mass is 10.2. The lowest BCUT2D eigenvalue weighted by molar-refractivity contribution is 0.837. The predicted molar refractivity (Wildman–Crippen MR) is 58.1 cm³/mol. The molecule has 0 N–H and O–H groups in total. The van der Waals surface area contributed by atoms with Crippen molar-refractivity contribution in [2.24, 2.45) is 5.92 Å². The second-order valence-corrected chi connectivity index (χ2v) is 5.58. The van der Waals surface area contributed by atoms with Gasteiger partial charge in [-0.05, 0) is 37.3 Å². The minimum absolute atomic E-state index is 0.641. The molecule has 12 heavy (non-hydrogen) atoms. The third-order valence-electron chi connectivity index (χ3n) is 2.34. The second kappa shape index (κ2) is 3.51. The van der Waals surface area contributed by atoms with E-state index in [1.54, 1.807) is 0 Å². The minimum Gasteiger partial charge on any atom is -0.144 e. The van der Waals surface area contributed by atoms with Crippen molar-refractivity contribution in [2.45, 2.75) is 31.0 Å². The van der Waals surface area contributed by atoms with E-state index >= 15 is 0 Å². The van der Waals surface area contributed by atoms with Crippen LogP contribution in [0, 0.1) is 5.92 Å². The van der Waals surface area contributed by atoms with Gasteiger partial charge in [-0.15, -0.1) is 11.3 Å². The van der Waals surface area contributed by atoms with Crippen molar-refractivity contribution in [3.63, 3.8) is 0 Å². The lowest BCUT2D eigenvalue weighted by Gasteiger charge is -2.03. The van der Waals surface area contributed by atoms with Gasteiger partial charge in [0.05, 0.1) is 4.83 Å². The molecule has 1 aromatic rings. The summed E-state index contributed by atoms with van der Waals surface area (Å²) in [5.41, 5.74) is 0. The molecular formula is C10H13BrS. The molecule has 0 aromatic carbocycles. The highest BCUT2D eigenvalue weighted by Gasteiger charge is 2.30. The Balaban J connectivity index is 2.10. The summed E-state index contributed by atoms with van der Waals surface area (Å²) in [5, 5.41) is 0. The van der Waals surface area contributed by atoms with Crippen molar-refractivity contribution in [3.8, 4) is 0 Å².